The fourth-order valence-electron chi connectivity index (χ4n) is 3.42. The van der Waals surface area contributed by atoms with Crippen LogP contribution in [0.1, 0.15) is 28.3 Å². The van der Waals surface area contributed by atoms with Crippen molar-refractivity contribution in [1.82, 2.24) is 0 Å². The molecule has 0 saturated heterocycles. The zero-order valence-corrected chi connectivity index (χ0v) is 17.9. The molecule has 4 nitrogen and oxygen atoms in total. The number of carbonyl (C=O) groups is 1. The molecule has 1 aliphatic heterocycles. The predicted octanol–water partition coefficient (Wildman–Crippen LogP) is 5.09. The summed E-state index contributed by atoms with van der Waals surface area (Å²) in [4.78, 5) is 14.9. The summed E-state index contributed by atoms with van der Waals surface area (Å²) in [7, 11) is -3.71. The SMILES string of the molecule is CSc1ccc(C2CC(=O)Nc3c(S(=O)(=O)c4cccc(C)c4)csc32)cc1. The van der Waals surface area contributed by atoms with E-state index in [0.717, 1.165) is 20.9 Å². The van der Waals surface area contributed by atoms with Crippen molar-refractivity contribution in [2.75, 3.05) is 11.6 Å². The second-order valence-corrected chi connectivity index (χ2v) is 10.4. The summed E-state index contributed by atoms with van der Waals surface area (Å²) in [6.45, 7) is 1.86. The van der Waals surface area contributed by atoms with Crippen molar-refractivity contribution in [2.24, 2.45) is 0 Å². The second-order valence-electron chi connectivity index (χ2n) is 6.74. The van der Waals surface area contributed by atoms with E-state index in [2.05, 4.69) is 5.32 Å². The summed E-state index contributed by atoms with van der Waals surface area (Å²) in [5, 5.41) is 4.46. The number of fused-ring (bicyclic) bond motifs is 1. The average molecular weight is 430 g/mol. The molecule has 0 fully saturated rings. The number of amides is 1. The van der Waals surface area contributed by atoms with E-state index in [1.54, 1.807) is 35.3 Å². The highest BCUT2D eigenvalue weighted by atomic mass is 32.2. The molecule has 2 aromatic carbocycles. The van der Waals surface area contributed by atoms with Crippen molar-refractivity contribution in [2.45, 2.75) is 33.9 Å². The number of aryl methyl sites for hydroxylation is 1. The van der Waals surface area contributed by atoms with Gasteiger partial charge in [0.2, 0.25) is 15.7 Å². The molecule has 1 amide bonds. The van der Waals surface area contributed by atoms with Crippen LogP contribution in [0.2, 0.25) is 0 Å². The molecule has 0 saturated carbocycles. The summed E-state index contributed by atoms with van der Waals surface area (Å²) < 4.78 is 26.4. The van der Waals surface area contributed by atoms with Crippen LogP contribution in [0, 0.1) is 6.92 Å². The van der Waals surface area contributed by atoms with Crippen LogP contribution < -0.4 is 5.32 Å². The van der Waals surface area contributed by atoms with E-state index in [-0.39, 0.29) is 21.6 Å². The van der Waals surface area contributed by atoms with Gasteiger partial charge in [-0.25, -0.2) is 8.42 Å². The number of hydrogen-bond acceptors (Lipinski definition) is 5. The molecule has 144 valence electrons. The molecular formula is C21H19NO3S3. The van der Waals surface area contributed by atoms with Crippen LogP contribution in [-0.2, 0) is 14.6 Å². The molecule has 0 aliphatic carbocycles. The van der Waals surface area contributed by atoms with Crippen LogP contribution in [0.3, 0.4) is 0 Å². The number of thiophene rings is 1. The average Bonchev–Trinajstić information content (AvgIpc) is 3.12. The van der Waals surface area contributed by atoms with Gasteiger partial charge in [-0.3, -0.25) is 4.79 Å². The quantitative estimate of drug-likeness (QED) is 0.587. The minimum atomic E-state index is -3.71. The number of carbonyl (C=O) groups excluding carboxylic acids is 1. The third-order valence-electron chi connectivity index (χ3n) is 4.86. The Morgan fingerprint density at radius 1 is 1.14 bits per heavy atom. The number of thioether (sulfide) groups is 1. The summed E-state index contributed by atoms with van der Waals surface area (Å²) in [5.41, 5.74) is 2.33. The Balaban J connectivity index is 1.80. The lowest BCUT2D eigenvalue weighted by Gasteiger charge is -2.24. The number of nitrogens with one attached hydrogen (secondary N) is 1. The van der Waals surface area contributed by atoms with Gasteiger partial charge in [0, 0.05) is 27.5 Å². The van der Waals surface area contributed by atoms with Crippen molar-refractivity contribution >= 4 is 44.5 Å². The number of benzene rings is 2. The molecule has 4 rings (SSSR count). The van der Waals surface area contributed by atoms with E-state index in [4.69, 9.17) is 0 Å². The minimum absolute atomic E-state index is 0.133. The van der Waals surface area contributed by atoms with Gasteiger partial charge >= 0.3 is 0 Å². The summed E-state index contributed by atoms with van der Waals surface area (Å²) in [6, 6.07) is 14.9. The van der Waals surface area contributed by atoms with Gasteiger partial charge in [0.25, 0.3) is 0 Å². The van der Waals surface area contributed by atoms with Crippen LogP contribution in [0.4, 0.5) is 5.69 Å². The Hall–Kier alpha value is -2.09. The molecule has 0 radical (unpaired) electrons. The lowest BCUT2D eigenvalue weighted by Crippen LogP contribution is -2.23. The molecule has 1 unspecified atom stereocenters. The molecule has 0 bridgehead atoms. The highest BCUT2D eigenvalue weighted by Gasteiger charge is 2.34. The maximum absolute atomic E-state index is 13.2. The normalized spacial score (nSPS) is 16.5. The Morgan fingerprint density at radius 2 is 1.89 bits per heavy atom. The topological polar surface area (TPSA) is 63.2 Å². The number of hydrogen-bond donors (Lipinski definition) is 1. The Morgan fingerprint density at radius 3 is 2.57 bits per heavy atom. The molecule has 28 heavy (non-hydrogen) atoms. The van der Waals surface area contributed by atoms with E-state index < -0.39 is 9.84 Å². The minimum Gasteiger partial charge on any atom is -0.324 e. The maximum atomic E-state index is 13.2. The first-order chi connectivity index (χ1) is 13.4. The van der Waals surface area contributed by atoms with Crippen LogP contribution in [0.5, 0.6) is 0 Å². The van der Waals surface area contributed by atoms with Crippen molar-refractivity contribution in [1.29, 1.82) is 0 Å². The molecular weight excluding hydrogens is 410 g/mol. The lowest BCUT2D eigenvalue weighted by atomic mass is 9.91. The Labute approximate surface area is 172 Å². The Bertz CT molecular complexity index is 1150. The van der Waals surface area contributed by atoms with E-state index in [9.17, 15) is 13.2 Å². The van der Waals surface area contributed by atoms with E-state index in [0.29, 0.717) is 12.1 Å². The molecule has 3 aromatic rings. The van der Waals surface area contributed by atoms with Crippen LogP contribution in [0.25, 0.3) is 0 Å². The van der Waals surface area contributed by atoms with Crippen LogP contribution in [-0.4, -0.2) is 20.6 Å². The number of rotatable bonds is 4. The van der Waals surface area contributed by atoms with Gasteiger partial charge in [0.05, 0.1) is 10.6 Å². The summed E-state index contributed by atoms with van der Waals surface area (Å²) >= 11 is 3.05. The molecule has 1 aliphatic rings. The smallest absolute Gasteiger partial charge is 0.225 e. The van der Waals surface area contributed by atoms with Crippen molar-refractivity contribution in [3.8, 4) is 0 Å². The lowest BCUT2D eigenvalue weighted by molar-refractivity contribution is -0.116. The van der Waals surface area contributed by atoms with Crippen molar-refractivity contribution in [3.05, 3.63) is 69.9 Å². The number of anilines is 1. The Kier molecular flexibility index (Phi) is 5.07. The zero-order valence-electron chi connectivity index (χ0n) is 15.4. The molecule has 7 heteroatoms. The van der Waals surface area contributed by atoms with Gasteiger partial charge in [-0.15, -0.1) is 23.1 Å². The fraction of sp³-hybridized carbons (Fsp3) is 0.190. The standard InChI is InChI=1S/C21H19NO3S3/c1-13-4-3-5-16(10-13)28(24,25)18-12-27-21-17(11-19(23)22-20(18)21)14-6-8-15(26-2)9-7-14/h3-10,12,17H,11H2,1-2H3,(H,22,23). The molecule has 0 spiro atoms. The first-order valence-corrected chi connectivity index (χ1v) is 12.4. The molecule has 1 aromatic heterocycles. The zero-order chi connectivity index (χ0) is 19.9. The van der Waals surface area contributed by atoms with Gasteiger partial charge in [0.1, 0.15) is 4.90 Å². The second kappa shape index (κ2) is 7.39. The van der Waals surface area contributed by atoms with E-state index >= 15 is 0 Å². The molecule has 2 heterocycles. The van der Waals surface area contributed by atoms with Crippen molar-refractivity contribution in [3.63, 3.8) is 0 Å². The fourth-order valence-corrected chi connectivity index (χ4v) is 6.84. The molecule has 1 N–H and O–H groups in total. The van der Waals surface area contributed by atoms with Gasteiger partial charge in [0.15, 0.2) is 0 Å². The predicted molar refractivity (Wildman–Crippen MR) is 114 cm³/mol. The third-order valence-corrected chi connectivity index (χ3v) is 8.63. The van der Waals surface area contributed by atoms with Crippen molar-refractivity contribution < 1.29 is 13.2 Å². The van der Waals surface area contributed by atoms with Gasteiger partial charge in [-0.1, -0.05) is 24.3 Å². The first-order valence-electron chi connectivity index (χ1n) is 8.77. The highest BCUT2D eigenvalue weighted by Crippen LogP contribution is 2.46. The van der Waals surface area contributed by atoms with E-state index in [1.165, 1.54) is 11.3 Å². The van der Waals surface area contributed by atoms with Gasteiger partial charge < -0.3 is 5.32 Å². The molecule has 1 atom stereocenters. The largest absolute Gasteiger partial charge is 0.324 e. The van der Waals surface area contributed by atoms with Crippen LogP contribution >= 0.6 is 23.1 Å². The monoisotopic (exact) mass is 429 g/mol. The van der Waals surface area contributed by atoms with Gasteiger partial charge in [-0.05, 0) is 48.6 Å². The van der Waals surface area contributed by atoms with E-state index in [1.807, 2.05) is 43.5 Å². The third kappa shape index (κ3) is 3.38. The summed E-state index contributed by atoms with van der Waals surface area (Å²) in [6.07, 6.45) is 2.33. The van der Waals surface area contributed by atoms with Crippen LogP contribution in [0.15, 0.2) is 68.6 Å². The maximum Gasteiger partial charge on any atom is 0.225 e. The number of sulfone groups is 1. The first kappa shape index (κ1) is 19.2. The van der Waals surface area contributed by atoms with Gasteiger partial charge in [-0.2, -0.15) is 0 Å². The highest BCUT2D eigenvalue weighted by molar-refractivity contribution is 7.98. The summed E-state index contributed by atoms with van der Waals surface area (Å²) in [5.74, 6) is -0.295.